The van der Waals surface area contributed by atoms with Gasteiger partial charge in [0.1, 0.15) is 18.1 Å². The van der Waals surface area contributed by atoms with Crippen molar-refractivity contribution in [1.82, 2.24) is 4.90 Å². The minimum atomic E-state index is -3.09. The summed E-state index contributed by atoms with van der Waals surface area (Å²) in [5.41, 5.74) is 1.17. The highest BCUT2D eigenvalue weighted by Crippen LogP contribution is 2.17. The number of hydrogen-bond acceptors (Lipinski definition) is 5. The number of ether oxygens (including phenoxy) is 2. The van der Waals surface area contributed by atoms with Gasteiger partial charge in [0.15, 0.2) is 9.84 Å². The van der Waals surface area contributed by atoms with E-state index in [-0.39, 0.29) is 11.7 Å². The predicted octanol–water partition coefficient (Wildman–Crippen LogP) is 2.39. The van der Waals surface area contributed by atoms with Gasteiger partial charge in [0, 0.05) is 18.9 Å². The normalized spacial score (nSPS) is 11.0. The van der Waals surface area contributed by atoms with Gasteiger partial charge in [-0.05, 0) is 42.0 Å². The van der Waals surface area contributed by atoms with E-state index < -0.39 is 9.84 Å². The molecule has 0 bridgehead atoms. The van der Waals surface area contributed by atoms with E-state index in [1.807, 2.05) is 12.1 Å². The Bertz CT molecular complexity index is 829. The third kappa shape index (κ3) is 6.07. The summed E-state index contributed by atoms with van der Waals surface area (Å²) in [4.78, 5) is 14.0. The Kier molecular flexibility index (Phi) is 6.63. The zero-order chi connectivity index (χ0) is 19.2. The molecular formula is C19H23NO5S. The third-order valence-electron chi connectivity index (χ3n) is 3.73. The number of sulfone groups is 1. The molecule has 0 aromatic heterocycles. The highest BCUT2D eigenvalue weighted by atomic mass is 32.2. The van der Waals surface area contributed by atoms with Crippen molar-refractivity contribution in [2.75, 3.05) is 33.6 Å². The number of amides is 1. The number of likely N-dealkylation sites (N-methyl/N-ethyl adjacent to an activating group) is 1. The summed E-state index contributed by atoms with van der Waals surface area (Å²) in [6, 6.07) is 13.8. The monoisotopic (exact) mass is 377 g/mol. The first-order valence-corrected chi connectivity index (χ1v) is 10.1. The second kappa shape index (κ2) is 8.71. The molecule has 0 saturated heterocycles. The van der Waals surface area contributed by atoms with Gasteiger partial charge < -0.3 is 14.4 Å². The minimum Gasteiger partial charge on any atom is -0.497 e. The van der Waals surface area contributed by atoms with E-state index in [2.05, 4.69) is 0 Å². The van der Waals surface area contributed by atoms with Gasteiger partial charge in [0.2, 0.25) is 0 Å². The molecule has 0 aliphatic carbocycles. The first-order valence-electron chi connectivity index (χ1n) is 8.07. The lowest BCUT2D eigenvalue weighted by Gasteiger charge is -2.18. The average molecular weight is 377 g/mol. The molecule has 0 atom stereocenters. The minimum absolute atomic E-state index is 0.0347. The van der Waals surface area contributed by atoms with Crippen LogP contribution in [0.1, 0.15) is 15.9 Å². The fourth-order valence-corrected chi connectivity index (χ4v) is 3.14. The van der Waals surface area contributed by atoms with Crippen LogP contribution in [-0.4, -0.2) is 52.8 Å². The molecule has 0 saturated carbocycles. The van der Waals surface area contributed by atoms with Gasteiger partial charge in [0.25, 0.3) is 5.91 Å². The lowest BCUT2D eigenvalue weighted by atomic mass is 10.1. The van der Waals surface area contributed by atoms with E-state index in [0.29, 0.717) is 30.0 Å². The molecule has 0 radical (unpaired) electrons. The van der Waals surface area contributed by atoms with Crippen molar-refractivity contribution in [3.63, 3.8) is 0 Å². The van der Waals surface area contributed by atoms with E-state index in [0.717, 1.165) is 5.75 Å². The molecule has 140 valence electrons. The zero-order valence-electron chi connectivity index (χ0n) is 15.1. The number of hydrogen-bond donors (Lipinski definition) is 0. The van der Waals surface area contributed by atoms with E-state index in [4.69, 9.17) is 9.47 Å². The SMILES string of the molecule is COc1ccc(OCCN(C)C(=O)c2ccc(CS(C)(=O)=O)cc2)cc1. The fraction of sp³-hybridized carbons (Fsp3) is 0.316. The van der Waals surface area contributed by atoms with Crippen LogP contribution >= 0.6 is 0 Å². The summed E-state index contributed by atoms with van der Waals surface area (Å²) in [6.07, 6.45) is 1.18. The van der Waals surface area contributed by atoms with Crippen LogP contribution in [0.15, 0.2) is 48.5 Å². The van der Waals surface area contributed by atoms with Gasteiger partial charge in [0.05, 0.1) is 19.4 Å². The molecular weight excluding hydrogens is 354 g/mol. The van der Waals surface area contributed by atoms with Gasteiger partial charge in [-0.15, -0.1) is 0 Å². The summed E-state index contributed by atoms with van der Waals surface area (Å²) >= 11 is 0. The molecule has 0 aliphatic rings. The van der Waals surface area contributed by atoms with Crippen molar-refractivity contribution in [1.29, 1.82) is 0 Å². The van der Waals surface area contributed by atoms with Crippen LogP contribution in [-0.2, 0) is 15.6 Å². The van der Waals surface area contributed by atoms with Crippen LogP contribution in [0.5, 0.6) is 11.5 Å². The molecule has 2 aromatic rings. The van der Waals surface area contributed by atoms with Crippen LogP contribution in [0.25, 0.3) is 0 Å². The predicted molar refractivity (Wildman–Crippen MR) is 100 cm³/mol. The topological polar surface area (TPSA) is 72.9 Å². The molecule has 0 N–H and O–H groups in total. The number of carbonyl (C=O) groups is 1. The molecule has 1 amide bonds. The molecule has 0 spiro atoms. The Labute approximate surface area is 154 Å². The summed E-state index contributed by atoms with van der Waals surface area (Å²) in [6.45, 7) is 0.788. The van der Waals surface area contributed by atoms with Crippen molar-refractivity contribution in [2.45, 2.75) is 5.75 Å². The van der Waals surface area contributed by atoms with Crippen LogP contribution in [0.3, 0.4) is 0 Å². The molecule has 26 heavy (non-hydrogen) atoms. The maximum Gasteiger partial charge on any atom is 0.253 e. The van der Waals surface area contributed by atoms with E-state index in [9.17, 15) is 13.2 Å². The second-order valence-electron chi connectivity index (χ2n) is 6.02. The Morgan fingerprint density at radius 1 is 1.00 bits per heavy atom. The highest BCUT2D eigenvalue weighted by Gasteiger charge is 2.12. The fourth-order valence-electron chi connectivity index (χ4n) is 2.34. The summed E-state index contributed by atoms with van der Waals surface area (Å²) in [5.74, 6) is 1.28. The largest absolute Gasteiger partial charge is 0.497 e. The van der Waals surface area contributed by atoms with Crippen LogP contribution in [0.4, 0.5) is 0 Å². The summed E-state index contributed by atoms with van der Waals surface area (Å²) in [7, 11) is 0.211. The molecule has 0 aliphatic heterocycles. The molecule has 0 heterocycles. The van der Waals surface area contributed by atoms with Gasteiger partial charge in [-0.25, -0.2) is 8.42 Å². The average Bonchev–Trinajstić information content (AvgIpc) is 2.61. The smallest absolute Gasteiger partial charge is 0.253 e. The zero-order valence-corrected chi connectivity index (χ0v) is 16.0. The lowest BCUT2D eigenvalue weighted by molar-refractivity contribution is 0.0774. The molecule has 0 fully saturated rings. The molecule has 2 aromatic carbocycles. The molecule has 2 rings (SSSR count). The molecule has 7 heteroatoms. The van der Waals surface area contributed by atoms with Crippen molar-refractivity contribution in [3.8, 4) is 11.5 Å². The standard InChI is InChI=1S/C19H23NO5S/c1-20(12-13-25-18-10-8-17(24-2)9-11-18)19(21)16-6-4-15(5-7-16)14-26(3,22)23/h4-11H,12-14H2,1-3H3. The Morgan fingerprint density at radius 3 is 2.12 bits per heavy atom. The second-order valence-corrected chi connectivity index (χ2v) is 8.16. The van der Waals surface area contributed by atoms with Crippen LogP contribution < -0.4 is 9.47 Å². The number of carbonyl (C=O) groups excluding carboxylic acids is 1. The maximum absolute atomic E-state index is 12.4. The number of rotatable bonds is 8. The Balaban J connectivity index is 1.86. The van der Waals surface area contributed by atoms with Crippen molar-refractivity contribution in [3.05, 3.63) is 59.7 Å². The Hall–Kier alpha value is -2.54. The maximum atomic E-state index is 12.4. The van der Waals surface area contributed by atoms with Gasteiger partial charge in [-0.3, -0.25) is 4.79 Å². The van der Waals surface area contributed by atoms with Crippen molar-refractivity contribution >= 4 is 15.7 Å². The number of benzene rings is 2. The summed E-state index contributed by atoms with van der Waals surface area (Å²) in [5, 5.41) is 0. The van der Waals surface area contributed by atoms with Crippen molar-refractivity contribution < 1.29 is 22.7 Å². The van der Waals surface area contributed by atoms with Gasteiger partial charge >= 0.3 is 0 Å². The third-order valence-corrected chi connectivity index (χ3v) is 4.59. The summed E-state index contributed by atoms with van der Waals surface area (Å²) < 4.78 is 33.3. The number of nitrogens with zero attached hydrogens (tertiary/aromatic N) is 1. The Morgan fingerprint density at radius 2 is 1.58 bits per heavy atom. The van der Waals surface area contributed by atoms with Gasteiger partial charge in [-0.2, -0.15) is 0 Å². The molecule has 0 unspecified atom stereocenters. The van der Waals surface area contributed by atoms with E-state index in [1.165, 1.54) is 6.26 Å². The van der Waals surface area contributed by atoms with E-state index >= 15 is 0 Å². The first kappa shape index (κ1) is 19.8. The molecule has 6 nitrogen and oxygen atoms in total. The first-order chi connectivity index (χ1) is 12.3. The van der Waals surface area contributed by atoms with E-state index in [1.54, 1.807) is 55.5 Å². The van der Waals surface area contributed by atoms with Crippen LogP contribution in [0, 0.1) is 0 Å². The van der Waals surface area contributed by atoms with Crippen molar-refractivity contribution in [2.24, 2.45) is 0 Å². The van der Waals surface area contributed by atoms with Gasteiger partial charge in [-0.1, -0.05) is 12.1 Å². The highest BCUT2D eigenvalue weighted by molar-refractivity contribution is 7.89. The number of methoxy groups -OCH3 is 1. The van der Waals surface area contributed by atoms with Crippen LogP contribution in [0.2, 0.25) is 0 Å². The quantitative estimate of drug-likeness (QED) is 0.706. The lowest BCUT2D eigenvalue weighted by Crippen LogP contribution is -2.30.